The van der Waals surface area contributed by atoms with E-state index in [1.54, 1.807) is 0 Å². The molecule has 1 aliphatic rings. The van der Waals surface area contributed by atoms with Crippen LogP contribution in [0.1, 0.15) is 26.2 Å². The Morgan fingerprint density at radius 3 is 2.90 bits per heavy atom. The molecule has 1 aromatic heterocycles. The van der Waals surface area contributed by atoms with Crippen LogP contribution in [0.25, 0.3) is 11.0 Å². The molecule has 1 atom stereocenters. The largest absolute Gasteiger partial charge is 0.354 e. The maximum absolute atomic E-state index is 9.47. The van der Waals surface area contributed by atoms with Gasteiger partial charge in [0.25, 0.3) is 0 Å². The molecule has 0 radical (unpaired) electrons. The zero-order valence-electron chi connectivity index (χ0n) is 11.7. The maximum Gasteiger partial charge on any atom is 0.147 e. The molecule has 1 fully saturated rings. The van der Waals surface area contributed by atoms with Gasteiger partial charge < -0.3 is 4.90 Å². The number of para-hydroxylation sites is 2. The van der Waals surface area contributed by atoms with Crippen molar-refractivity contribution in [3.63, 3.8) is 0 Å². The molecule has 1 aromatic carbocycles. The molecule has 0 saturated carbocycles. The van der Waals surface area contributed by atoms with Crippen molar-refractivity contribution in [2.45, 2.75) is 26.2 Å². The molecular formula is C16H18N4. The summed E-state index contributed by atoms with van der Waals surface area (Å²) in [5, 5.41) is 9.47. The highest BCUT2D eigenvalue weighted by molar-refractivity contribution is 5.75. The molecule has 0 spiro atoms. The highest BCUT2D eigenvalue weighted by Gasteiger charge is 2.34. The monoisotopic (exact) mass is 266 g/mol. The van der Waals surface area contributed by atoms with Crippen LogP contribution in [-0.4, -0.2) is 23.1 Å². The van der Waals surface area contributed by atoms with Crippen molar-refractivity contribution in [2.75, 3.05) is 18.0 Å². The molecule has 20 heavy (non-hydrogen) atoms. The number of piperidine rings is 1. The first kappa shape index (κ1) is 12.9. The maximum atomic E-state index is 9.47. The van der Waals surface area contributed by atoms with E-state index < -0.39 is 0 Å². The molecule has 0 amide bonds. The Morgan fingerprint density at radius 2 is 2.15 bits per heavy atom. The lowest BCUT2D eigenvalue weighted by molar-refractivity contribution is 0.305. The lowest BCUT2D eigenvalue weighted by atomic mass is 9.79. The number of nitrogens with zero attached hydrogens (tertiary/aromatic N) is 4. The first-order valence-electron chi connectivity index (χ1n) is 7.14. The fraction of sp³-hybridized carbons (Fsp3) is 0.438. The summed E-state index contributed by atoms with van der Waals surface area (Å²) in [4.78, 5) is 11.4. The zero-order valence-corrected chi connectivity index (χ0v) is 11.7. The van der Waals surface area contributed by atoms with Crippen LogP contribution >= 0.6 is 0 Å². The third kappa shape index (κ3) is 2.20. The number of nitriles is 1. The van der Waals surface area contributed by atoms with Gasteiger partial charge in [-0.25, -0.2) is 4.98 Å². The van der Waals surface area contributed by atoms with E-state index in [-0.39, 0.29) is 5.41 Å². The summed E-state index contributed by atoms with van der Waals surface area (Å²) < 4.78 is 0. The molecule has 4 nitrogen and oxygen atoms in total. The summed E-state index contributed by atoms with van der Waals surface area (Å²) in [5.74, 6) is 0.886. The molecule has 0 bridgehead atoms. The summed E-state index contributed by atoms with van der Waals surface area (Å²) in [7, 11) is 0. The molecule has 1 saturated heterocycles. The summed E-state index contributed by atoms with van der Waals surface area (Å²) >= 11 is 0. The molecule has 1 unspecified atom stereocenters. The Bertz CT molecular complexity index is 661. The lowest BCUT2D eigenvalue weighted by Gasteiger charge is -2.38. The molecule has 0 aliphatic carbocycles. The summed E-state index contributed by atoms with van der Waals surface area (Å²) in [6.07, 6.45) is 4.74. The Balaban J connectivity index is 1.92. The minimum atomic E-state index is -0.231. The predicted octanol–water partition coefficient (Wildman–Crippen LogP) is 3.15. The average Bonchev–Trinajstić information content (AvgIpc) is 2.54. The Kier molecular flexibility index (Phi) is 3.27. The van der Waals surface area contributed by atoms with Gasteiger partial charge >= 0.3 is 0 Å². The molecule has 4 heteroatoms. The van der Waals surface area contributed by atoms with Gasteiger partial charge in [-0.2, -0.15) is 5.26 Å². The number of hydrogen-bond donors (Lipinski definition) is 0. The van der Waals surface area contributed by atoms with Gasteiger partial charge in [0.1, 0.15) is 5.82 Å². The number of anilines is 1. The van der Waals surface area contributed by atoms with Crippen molar-refractivity contribution in [2.24, 2.45) is 5.41 Å². The van der Waals surface area contributed by atoms with Crippen LogP contribution in [0.4, 0.5) is 5.82 Å². The molecule has 0 N–H and O–H groups in total. The van der Waals surface area contributed by atoms with Gasteiger partial charge in [-0.05, 0) is 31.4 Å². The van der Waals surface area contributed by atoms with E-state index in [4.69, 9.17) is 0 Å². The molecule has 1 aliphatic heterocycles. The fourth-order valence-electron chi connectivity index (χ4n) is 2.89. The van der Waals surface area contributed by atoms with Crippen molar-refractivity contribution in [1.82, 2.24) is 9.97 Å². The molecule has 3 rings (SSSR count). The topological polar surface area (TPSA) is 52.8 Å². The minimum Gasteiger partial charge on any atom is -0.354 e. The first-order valence-corrected chi connectivity index (χ1v) is 7.14. The van der Waals surface area contributed by atoms with E-state index in [9.17, 15) is 5.26 Å². The standard InChI is InChI=1S/C16H18N4/c1-2-16(11-17)8-5-9-20(12-16)15-10-18-13-6-3-4-7-14(13)19-15/h3-4,6-7,10H,2,5,8-9,12H2,1H3. The number of aromatic nitrogens is 2. The first-order chi connectivity index (χ1) is 9.76. The van der Waals surface area contributed by atoms with E-state index >= 15 is 0 Å². The predicted molar refractivity (Wildman–Crippen MR) is 79.3 cm³/mol. The fourth-order valence-corrected chi connectivity index (χ4v) is 2.89. The number of hydrogen-bond acceptors (Lipinski definition) is 4. The smallest absolute Gasteiger partial charge is 0.147 e. The quantitative estimate of drug-likeness (QED) is 0.838. The van der Waals surface area contributed by atoms with Gasteiger partial charge in [0, 0.05) is 13.1 Å². The number of fused-ring (bicyclic) bond motifs is 1. The normalized spacial score (nSPS) is 22.7. The zero-order chi connectivity index (χ0) is 14.0. The highest BCUT2D eigenvalue weighted by atomic mass is 15.2. The summed E-state index contributed by atoms with van der Waals surface area (Å²) in [5.41, 5.74) is 1.59. The van der Waals surface area contributed by atoms with Gasteiger partial charge in [0.2, 0.25) is 0 Å². The van der Waals surface area contributed by atoms with Crippen LogP contribution in [0.3, 0.4) is 0 Å². The Labute approximate surface area is 119 Å². The lowest BCUT2D eigenvalue weighted by Crippen LogP contribution is -2.42. The van der Waals surface area contributed by atoms with Gasteiger partial charge in [-0.3, -0.25) is 4.98 Å². The van der Waals surface area contributed by atoms with E-state index in [0.29, 0.717) is 0 Å². The van der Waals surface area contributed by atoms with Gasteiger partial charge in [-0.1, -0.05) is 19.1 Å². The number of rotatable bonds is 2. The van der Waals surface area contributed by atoms with Crippen molar-refractivity contribution in [3.05, 3.63) is 30.5 Å². The van der Waals surface area contributed by atoms with Crippen LogP contribution in [0, 0.1) is 16.7 Å². The van der Waals surface area contributed by atoms with E-state index in [1.807, 2.05) is 30.5 Å². The Hall–Kier alpha value is -2.15. The molecule has 2 heterocycles. The average molecular weight is 266 g/mol. The van der Waals surface area contributed by atoms with Crippen LogP contribution in [0.15, 0.2) is 30.5 Å². The number of benzene rings is 1. The summed E-state index contributed by atoms with van der Waals surface area (Å²) in [6.45, 7) is 3.81. The van der Waals surface area contributed by atoms with Crippen LogP contribution in [-0.2, 0) is 0 Å². The van der Waals surface area contributed by atoms with Crippen LogP contribution < -0.4 is 4.90 Å². The second-order valence-corrected chi connectivity index (χ2v) is 5.49. The van der Waals surface area contributed by atoms with E-state index in [2.05, 4.69) is 27.9 Å². The van der Waals surface area contributed by atoms with Gasteiger partial charge in [0.15, 0.2) is 0 Å². The van der Waals surface area contributed by atoms with Gasteiger partial charge in [-0.15, -0.1) is 0 Å². The molecule has 102 valence electrons. The van der Waals surface area contributed by atoms with Crippen LogP contribution in [0.5, 0.6) is 0 Å². The van der Waals surface area contributed by atoms with Crippen molar-refractivity contribution >= 4 is 16.9 Å². The van der Waals surface area contributed by atoms with E-state index in [1.165, 1.54) is 0 Å². The minimum absolute atomic E-state index is 0.231. The second-order valence-electron chi connectivity index (χ2n) is 5.49. The Morgan fingerprint density at radius 1 is 1.35 bits per heavy atom. The highest BCUT2D eigenvalue weighted by Crippen LogP contribution is 2.34. The third-order valence-corrected chi connectivity index (χ3v) is 4.25. The second kappa shape index (κ2) is 5.09. The van der Waals surface area contributed by atoms with Crippen molar-refractivity contribution < 1.29 is 0 Å². The van der Waals surface area contributed by atoms with Crippen molar-refractivity contribution in [3.8, 4) is 6.07 Å². The third-order valence-electron chi connectivity index (χ3n) is 4.25. The SMILES string of the molecule is CCC1(C#N)CCCN(c2cnc3ccccc3n2)C1. The van der Waals surface area contributed by atoms with E-state index in [0.717, 1.165) is 49.2 Å². The van der Waals surface area contributed by atoms with Gasteiger partial charge in [0.05, 0.1) is 28.7 Å². The molecule has 2 aromatic rings. The van der Waals surface area contributed by atoms with Crippen LogP contribution in [0.2, 0.25) is 0 Å². The molecular weight excluding hydrogens is 248 g/mol. The van der Waals surface area contributed by atoms with Crippen molar-refractivity contribution in [1.29, 1.82) is 5.26 Å². The summed E-state index contributed by atoms with van der Waals surface area (Å²) in [6, 6.07) is 10.4.